The second-order valence-electron chi connectivity index (χ2n) is 6.87. The number of amides is 1. The van der Waals surface area contributed by atoms with Gasteiger partial charge in [0.25, 0.3) is 15.9 Å². The number of carbonyl (C=O) groups excluding carboxylic acids is 1. The quantitative estimate of drug-likeness (QED) is 0.537. The van der Waals surface area contributed by atoms with Gasteiger partial charge in [0.1, 0.15) is 12.4 Å². The number of ether oxygens (including phenoxy) is 1. The Bertz CT molecular complexity index is 1130. The first-order valence-electron chi connectivity index (χ1n) is 9.51. The molecule has 1 amide bonds. The molecule has 0 aliphatic carbocycles. The van der Waals surface area contributed by atoms with Gasteiger partial charge in [-0.25, -0.2) is 8.42 Å². The number of rotatable bonds is 8. The molecule has 0 saturated heterocycles. The van der Waals surface area contributed by atoms with Crippen molar-refractivity contribution in [3.8, 4) is 5.75 Å². The van der Waals surface area contributed by atoms with E-state index in [1.807, 2.05) is 38.1 Å². The predicted molar refractivity (Wildman–Crippen MR) is 117 cm³/mol. The summed E-state index contributed by atoms with van der Waals surface area (Å²) in [5.74, 6) is 0.471. The highest BCUT2D eigenvalue weighted by Crippen LogP contribution is 2.18. The van der Waals surface area contributed by atoms with Gasteiger partial charge in [0.05, 0.1) is 11.4 Å². The van der Waals surface area contributed by atoms with Crippen molar-refractivity contribution in [3.05, 3.63) is 89.5 Å². The zero-order valence-corrected chi connectivity index (χ0v) is 17.7. The highest BCUT2D eigenvalue weighted by Gasteiger charge is 2.15. The highest BCUT2D eigenvalue weighted by molar-refractivity contribution is 7.92. The third kappa shape index (κ3) is 5.61. The van der Waals surface area contributed by atoms with Crippen molar-refractivity contribution < 1.29 is 17.9 Å². The summed E-state index contributed by atoms with van der Waals surface area (Å²) in [4.78, 5) is 12.6. The number of anilines is 1. The molecule has 7 heteroatoms. The maximum atomic E-state index is 12.5. The SMILES string of the molecule is Cc1ccc(S(=O)(=O)Nc2cccc(C(=O)NCCOc3ccccc3C)c2)cc1. The Morgan fingerprint density at radius 2 is 1.67 bits per heavy atom. The number of benzene rings is 3. The maximum Gasteiger partial charge on any atom is 0.261 e. The zero-order valence-electron chi connectivity index (χ0n) is 16.9. The molecule has 0 unspecified atom stereocenters. The van der Waals surface area contributed by atoms with E-state index in [1.54, 1.807) is 42.5 Å². The van der Waals surface area contributed by atoms with Crippen LogP contribution in [0.1, 0.15) is 21.5 Å². The van der Waals surface area contributed by atoms with E-state index >= 15 is 0 Å². The van der Waals surface area contributed by atoms with Crippen LogP contribution in [0.2, 0.25) is 0 Å². The molecule has 2 N–H and O–H groups in total. The molecule has 30 heavy (non-hydrogen) atoms. The van der Waals surface area contributed by atoms with Gasteiger partial charge in [-0.05, 0) is 55.8 Å². The van der Waals surface area contributed by atoms with Gasteiger partial charge in [-0.3, -0.25) is 9.52 Å². The Labute approximate surface area is 177 Å². The van der Waals surface area contributed by atoms with Crippen molar-refractivity contribution in [2.24, 2.45) is 0 Å². The predicted octanol–water partition coefficient (Wildman–Crippen LogP) is 3.91. The molecular weight excluding hydrogens is 400 g/mol. The first-order chi connectivity index (χ1) is 14.3. The van der Waals surface area contributed by atoms with Gasteiger partial charge in [0.15, 0.2) is 0 Å². The smallest absolute Gasteiger partial charge is 0.261 e. The molecule has 0 spiro atoms. The number of sulfonamides is 1. The van der Waals surface area contributed by atoms with Crippen LogP contribution in [0.4, 0.5) is 5.69 Å². The van der Waals surface area contributed by atoms with Crippen molar-refractivity contribution >= 4 is 21.6 Å². The van der Waals surface area contributed by atoms with Crippen LogP contribution in [0.3, 0.4) is 0 Å². The number of para-hydroxylation sites is 1. The van der Waals surface area contributed by atoms with Crippen molar-refractivity contribution in [1.82, 2.24) is 5.32 Å². The molecule has 3 aromatic rings. The van der Waals surface area contributed by atoms with Crippen LogP contribution in [0, 0.1) is 13.8 Å². The third-order valence-corrected chi connectivity index (χ3v) is 5.84. The van der Waals surface area contributed by atoms with E-state index in [0.29, 0.717) is 24.4 Å². The number of carbonyl (C=O) groups is 1. The minimum Gasteiger partial charge on any atom is -0.491 e. The molecule has 0 radical (unpaired) electrons. The van der Waals surface area contributed by atoms with Crippen molar-refractivity contribution in [2.45, 2.75) is 18.7 Å². The number of hydrogen-bond donors (Lipinski definition) is 2. The molecule has 3 aromatic carbocycles. The van der Waals surface area contributed by atoms with Gasteiger partial charge in [-0.2, -0.15) is 0 Å². The molecular formula is C23H24N2O4S. The van der Waals surface area contributed by atoms with E-state index in [4.69, 9.17) is 4.74 Å². The fraction of sp³-hybridized carbons (Fsp3) is 0.174. The highest BCUT2D eigenvalue weighted by atomic mass is 32.2. The second kappa shape index (κ2) is 9.45. The number of nitrogens with one attached hydrogen (secondary N) is 2. The van der Waals surface area contributed by atoms with Crippen LogP contribution in [-0.2, 0) is 10.0 Å². The Morgan fingerprint density at radius 3 is 2.40 bits per heavy atom. The number of hydrogen-bond acceptors (Lipinski definition) is 4. The lowest BCUT2D eigenvalue weighted by Crippen LogP contribution is -2.28. The fourth-order valence-electron chi connectivity index (χ4n) is 2.80. The van der Waals surface area contributed by atoms with Crippen LogP contribution in [0.15, 0.2) is 77.7 Å². The molecule has 0 aromatic heterocycles. The molecule has 0 fully saturated rings. The topological polar surface area (TPSA) is 84.5 Å². The summed E-state index contributed by atoms with van der Waals surface area (Å²) < 4.78 is 33.3. The van der Waals surface area contributed by atoms with Crippen LogP contribution >= 0.6 is 0 Å². The van der Waals surface area contributed by atoms with Gasteiger partial charge in [-0.1, -0.05) is 42.0 Å². The molecule has 6 nitrogen and oxygen atoms in total. The number of aryl methyl sites for hydroxylation is 2. The normalized spacial score (nSPS) is 11.0. The summed E-state index contributed by atoms with van der Waals surface area (Å²) in [6.07, 6.45) is 0. The summed E-state index contributed by atoms with van der Waals surface area (Å²) in [5.41, 5.74) is 2.67. The van der Waals surface area contributed by atoms with Gasteiger partial charge in [0, 0.05) is 11.3 Å². The molecule has 0 heterocycles. The average molecular weight is 425 g/mol. The lowest BCUT2D eigenvalue weighted by atomic mass is 10.2. The van der Waals surface area contributed by atoms with E-state index in [9.17, 15) is 13.2 Å². The molecule has 0 aliphatic heterocycles. The molecule has 156 valence electrons. The molecule has 0 saturated carbocycles. The summed E-state index contributed by atoms with van der Waals surface area (Å²) >= 11 is 0. The Balaban J connectivity index is 1.58. The molecule has 0 aliphatic rings. The first-order valence-corrected chi connectivity index (χ1v) is 11.0. The molecule has 3 rings (SSSR count). The van der Waals surface area contributed by atoms with Gasteiger partial charge >= 0.3 is 0 Å². The largest absolute Gasteiger partial charge is 0.491 e. The fourth-order valence-corrected chi connectivity index (χ4v) is 3.85. The monoisotopic (exact) mass is 424 g/mol. The van der Waals surface area contributed by atoms with Crippen molar-refractivity contribution in [3.63, 3.8) is 0 Å². The summed E-state index contributed by atoms with van der Waals surface area (Å²) in [5, 5.41) is 2.78. The Kier molecular flexibility index (Phi) is 6.74. The Morgan fingerprint density at radius 1 is 0.933 bits per heavy atom. The van der Waals surface area contributed by atoms with Crippen LogP contribution in [0.5, 0.6) is 5.75 Å². The van der Waals surface area contributed by atoms with Gasteiger partial charge in [-0.15, -0.1) is 0 Å². The lowest BCUT2D eigenvalue weighted by Gasteiger charge is -2.11. The zero-order chi connectivity index (χ0) is 21.6. The first kappa shape index (κ1) is 21.4. The summed E-state index contributed by atoms with van der Waals surface area (Å²) in [7, 11) is -3.73. The minimum absolute atomic E-state index is 0.163. The van der Waals surface area contributed by atoms with Gasteiger partial charge in [0.2, 0.25) is 0 Å². The van der Waals surface area contributed by atoms with E-state index in [-0.39, 0.29) is 10.8 Å². The Hall–Kier alpha value is -3.32. The van der Waals surface area contributed by atoms with E-state index in [1.165, 1.54) is 6.07 Å². The lowest BCUT2D eigenvalue weighted by molar-refractivity contribution is 0.0947. The van der Waals surface area contributed by atoms with Crippen molar-refractivity contribution in [1.29, 1.82) is 0 Å². The van der Waals surface area contributed by atoms with Crippen LogP contribution in [-0.4, -0.2) is 27.5 Å². The van der Waals surface area contributed by atoms with Crippen LogP contribution in [0.25, 0.3) is 0 Å². The molecule has 0 atom stereocenters. The van der Waals surface area contributed by atoms with E-state index in [0.717, 1.165) is 16.9 Å². The summed E-state index contributed by atoms with van der Waals surface area (Å²) in [6, 6.07) is 20.6. The second-order valence-corrected chi connectivity index (χ2v) is 8.55. The average Bonchev–Trinajstić information content (AvgIpc) is 2.72. The van der Waals surface area contributed by atoms with Crippen LogP contribution < -0.4 is 14.8 Å². The molecule has 0 bridgehead atoms. The van der Waals surface area contributed by atoms with Gasteiger partial charge < -0.3 is 10.1 Å². The van der Waals surface area contributed by atoms with E-state index in [2.05, 4.69) is 10.0 Å². The van der Waals surface area contributed by atoms with Crippen molar-refractivity contribution in [2.75, 3.05) is 17.9 Å². The summed E-state index contributed by atoms with van der Waals surface area (Å²) in [6.45, 7) is 4.50. The minimum atomic E-state index is -3.73. The van der Waals surface area contributed by atoms with E-state index < -0.39 is 10.0 Å². The standard InChI is InChI=1S/C23H24N2O4S/c1-17-10-12-21(13-11-17)30(27,28)25-20-8-5-7-19(16-20)23(26)24-14-15-29-22-9-4-3-6-18(22)2/h3-13,16,25H,14-15H2,1-2H3,(H,24,26). The third-order valence-electron chi connectivity index (χ3n) is 4.45. The maximum absolute atomic E-state index is 12.5.